The first-order chi connectivity index (χ1) is 5.43. The lowest BCUT2D eigenvalue weighted by molar-refractivity contribution is 0.213. The molecular weight excluding hydrogens is 142 g/mol. The second-order valence-corrected chi connectivity index (χ2v) is 2.27. The first kappa shape index (κ1) is 8.07. The Morgan fingerprint density at radius 3 is 3.45 bits per heavy atom. The average Bonchev–Trinajstić information content (AvgIpc) is 2.28. The van der Waals surface area contributed by atoms with Crippen LogP contribution in [0.3, 0.4) is 0 Å². The molecule has 0 radical (unpaired) electrons. The normalized spacial score (nSPS) is 24.6. The highest BCUT2D eigenvalue weighted by Gasteiger charge is 2.03. The summed E-state index contributed by atoms with van der Waals surface area (Å²) in [5.74, 6) is 0. The van der Waals surface area contributed by atoms with E-state index in [1.54, 1.807) is 13.3 Å². The molecule has 0 fully saturated rings. The Hall–Kier alpha value is -1.03. The maximum Gasteiger partial charge on any atom is 0.106 e. The highest BCUT2D eigenvalue weighted by molar-refractivity contribution is 5.64. The molecule has 62 valence electrons. The van der Waals surface area contributed by atoms with E-state index in [-0.39, 0.29) is 6.04 Å². The van der Waals surface area contributed by atoms with E-state index in [2.05, 4.69) is 26.7 Å². The van der Waals surface area contributed by atoms with Gasteiger partial charge >= 0.3 is 0 Å². The van der Waals surface area contributed by atoms with Crippen LogP contribution in [-0.4, -0.2) is 26.0 Å². The molecule has 0 aromatic rings. The van der Waals surface area contributed by atoms with Crippen LogP contribution in [0.1, 0.15) is 6.42 Å². The van der Waals surface area contributed by atoms with Crippen molar-refractivity contribution in [2.24, 2.45) is 5.16 Å². The first-order valence-electron chi connectivity index (χ1n) is 3.62. The third kappa shape index (κ3) is 3.04. The summed E-state index contributed by atoms with van der Waals surface area (Å²) in [7, 11) is 1.54. The molecule has 4 heteroatoms. The van der Waals surface area contributed by atoms with Crippen LogP contribution in [0.25, 0.3) is 0 Å². The van der Waals surface area contributed by atoms with Gasteiger partial charge in [0.25, 0.3) is 0 Å². The second kappa shape index (κ2) is 4.73. The van der Waals surface area contributed by atoms with Gasteiger partial charge in [0.1, 0.15) is 7.11 Å². The van der Waals surface area contributed by atoms with Gasteiger partial charge in [0, 0.05) is 0 Å². The molecule has 0 saturated heterocycles. The number of nitrogens with one attached hydrogen (secondary N) is 2. The van der Waals surface area contributed by atoms with Crippen LogP contribution in [0.5, 0.6) is 0 Å². The fraction of sp³-hybridized carbons (Fsp3) is 0.571. The number of rotatable bonds is 2. The number of nitrogens with zero attached hydrogens (tertiary/aromatic N) is 1. The van der Waals surface area contributed by atoms with Crippen LogP contribution in [0, 0.1) is 0 Å². The van der Waals surface area contributed by atoms with Crippen molar-refractivity contribution in [2.75, 3.05) is 13.8 Å². The van der Waals surface area contributed by atoms with Crippen molar-refractivity contribution in [3.63, 3.8) is 0 Å². The minimum atomic E-state index is 0.279. The van der Waals surface area contributed by atoms with E-state index in [1.165, 1.54) is 0 Å². The maximum absolute atomic E-state index is 4.57. The van der Waals surface area contributed by atoms with E-state index in [4.69, 9.17) is 0 Å². The fourth-order valence-electron chi connectivity index (χ4n) is 0.878. The largest absolute Gasteiger partial charge is 0.399 e. The molecule has 1 aliphatic heterocycles. The summed E-state index contributed by atoms with van der Waals surface area (Å²) in [5.41, 5.74) is 0. The van der Waals surface area contributed by atoms with Crippen molar-refractivity contribution in [3.05, 3.63) is 12.3 Å². The molecule has 0 aliphatic carbocycles. The third-order valence-electron chi connectivity index (χ3n) is 1.44. The summed E-state index contributed by atoms with van der Waals surface area (Å²) >= 11 is 0. The van der Waals surface area contributed by atoms with Gasteiger partial charge in [-0.25, -0.2) is 0 Å². The molecule has 1 atom stereocenters. The number of oxime groups is 1. The van der Waals surface area contributed by atoms with E-state index in [0.717, 1.165) is 13.1 Å². The maximum atomic E-state index is 4.57. The zero-order valence-electron chi connectivity index (χ0n) is 6.58. The van der Waals surface area contributed by atoms with Crippen molar-refractivity contribution >= 4 is 6.21 Å². The first-order valence-corrected chi connectivity index (χ1v) is 3.62. The topological polar surface area (TPSA) is 45.6 Å². The summed E-state index contributed by atoms with van der Waals surface area (Å²) in [4.78, 5) is 4.57. The number of hydrogen-bond acceptors (Lipinski definition) is 4. The van der Waals surface area contributed by atoms with Crippen molar-refractivity contribution < 1.29 is 4.84 Å². The minimum Gasteiger partial charge on any atom is -0.399 e. The van der Waals surface area contributed by atoms with Gasteiger partial charge in [0.05, 0.1) is 18.9 Å². The molecule has 0 spiro atoms. The third-order valence-corrected chi connectivity index (χ3v) is 1.44. The summed E-state index contributed by atoms with van der Waals surface area (Å²) < 4.78 is 0. The standard InChI is InChI=1S/C7H13N3O/c1-11-10-5-7-3-2-4-8-6-9-7/h2,4-5,7-9H,3,6H2,1H3. The zero-order chi connectivity index (χ0) is 7.94. The van der Waals surface area contributed by atoms with Crippen LogP contribution in [-0.2, 0) is 4.84 Å². The Morgan fingerprint density at radius 2 is 2.64 bits per heavy atom. The van der Waals surface area contributed by atoms with Gasteiger partial charge in [0.15, 0.2) is 0 Å². The molecular formula is C7H13N3O. The zero-order valence-corrected chi connectivity index (χ0v) is 6.58. The Morgan fingerprint density at radius 1 is 1.73 bits per heavy atom. The molecule has 4 nitrogen and oxygen atoms in total. The summed E-state index contributed by atoms with van der Waals surface area (Å²) in [6, 6.07) is 0.279. The van der Waals surface area contributed by atoms with Crippen LogP contribution >= 0.6 is 0 Å². The van der Waals surface area contributed by atoms with Crippen LogP contribution in [0.15, 0.2) is 17.4 Å². The van der Waals surface area contributed by atoms with E-state index in [1.807, 2.05) is 6.20 Å². The van der Waals surface area contributed by atoms with Gasteiger partial charge in [-0.05, 0) is 12.6 Å². The van der Waals surface area contributed by atoms with Gasteiger partial charge in [-0.2, -0.15) is 0 Å². The lowest BCUT2D eigenvalue weighted by Gasteiger charge is -2.07. The predicted molar refractivity (Wildman–Crippen MR) is 44.2 cm³/mol. The smallest absolute Gasteiger partial charge is 0.106 e. The molecule has 1 rings (SSSR count). The van der Waals surface area contributed by atoms with Crippen molar-refractivity contribution in [3.8, 4) is 0 Å². The highest BCUT2D eigenvalue weighted by atomic mass is 16.6. The lowest BCUT2D eigenvalue weighted by atomic mass is 10.2. The molecule has 0 aromatic carbocycles. The summed E-state index contributed by atoms with van der Waals surface area (Å²) in [5, 5.41) is 9.96. The molecule has 0 bridgehead atoms. The predicted octanol–water partition coefficient (Wildman–Crippen LogP) is 0.0413. The van der Waals surface area contributed by atoms with E-state index >= 15 is 0 Å². The number of hydrogen-bond donors (Lipinski definition) is 2. The lowest BCUT2D eigenvalue weighted by Crippen LogP contribution is -2.34. The van der Waals surface area contributed by atoms with Gasteiger partial charge in [0.2, 0.25) is 0 Å². The molecule has 2 N–H and O–H groups in total. The monoisotopic (exact) mass is 155 g/mol. The SMILES string of the molecule is CON=CC1CC=CNCN1. The van der Waals surface area contributed by atoms with Crippen molar-refractivity contribution in [1.29, 1.82) is 0 Å². The Balaban J connectivity index is 2.32. The van der Waals surface area contributed by atoms with Gasteiger partial charge in [-0.1, -0.05) is 11.2 Å². The van der Waals surface area contributed by atoms with E-state index < -0.39 is 0 Å². The minimum absolute atomic E-state index is 0.279. The van der Waals surface area contributed by atoms with E-state index in [9.17, 15) is 0 Å². The molecule has 1 heterocycles. The highest BCUT2D eigenvalue weighted by Crippen LogP contribution is 1.92. The molecule has 0 amide bonds. The summed E-state index contributed by atoms with van der Waals surface area (Å²) in [6.07, 6.45) is 6.71. The second-order valence-electron chi connectivity index (χ2n) is 2.27. The average molecular weight is 155 g/mol. The quantitative estimate of drug-likeness (QED) is 0.437. The van der Waals surface area contributed by atoms with Gasteiger partial charge in [-0.15, -0.1) is 0 Å². The molecule has 1 aliphatic rings. The van der Waals surface area contributed by atoms with Crippen LogP contribution < -0.4 is 10.6 Å². The Labute approximate surface area is 66.3 Å². The van der Waals surface area contributed by atoms with Crippen LogP contribution in [0.4, 0.5) is 0 Å². The van der Waals surface area contributed by atoms with E-state index in [0.29, 0.717) is 0 Å². The van der Waals surface area contributed by atoms with Crippen molar-refractivity contribution in [1.82, 2.24) is 10.6 Å². The Kier molecular flexibility index (Phi) is 3.47. The molecule has 0 saturated carbocycles. The fourth-order valence-corrected chi connectivity index (χ4v) is 0.878. The van der Waals surface area contributed by atoms with Crippen molar-refractivity contribution in [2.45, 2.75) is 12.5 Å². The molecule has 0 aromatic heterocycles. The Bertz CT molecular complexity index is 156. The summed E-state index contributed by atoms with van der Waals surface area (Å²) in [6.45, 7) is 0.775. The molecule has 1 unspecified atom stereocenters. The van der Waals surface area contributed by atoms with Crippen LogP contribution in [0.2, 0.25) is 0 Å². The molecule has 11 heavy (non-hydrogen) atoms. The van der Waals surface area contributed by atoms with Gasteiger partial charge < -0.3 is 10.2 Å². The van der Waals surface area contributed by atoms with Gasteiger partial charge in [-0.3, -0.25) is 5.32 Å².